The van der Waals surface area contributed by atoms with Gasteiger partial charge in [-0.1, -0.05) is 58.0 Å². The highest BCUT2D eigenvalue weighted by atomic mass is 16.7. The first kappa shape index (κ1) is 56.1. The summed E-state index contributed by atoms with van der Waals surface area (Å²) in [4.78, 5) is 31.5. The molecule has 0 saturated carbocycles. The van der Waals surface area contributed by atoms with Gasteiger partial charge in [0.05, 0.1) is 42.0 Å². The van der Waals surface area contributed by atoms with Crippen molar-refractivity contribution < 1.29 is 63.5 Å². The second-order valence-electron chi connectivity index (χ2n) is 20.5. The first-order chi connectivity index (χ1) is 30.8. The maximum Gasteiger partial charge on any atom is 0.320 e. The maximum absolute atomic E-state index is 14.5. The number of aliphatic hydroxyl groups excluding tert-OH is 2. The first-order valence-electron chi connectivity index (χ1n) is 24.1. The van der Waals surface area contributed by atoms with E-state index in [2.05, 4.69) is 10.6 Å². The van der Waals surface area contributed by atoms with Crippen LogP contribution in [-0.2, 0) is 39.8 Å². The van der Waals surface area contributed by atoms with E-state index in [0.29, 0.717) is 26.1 Å². The van der Waals surface area contributed by atoms with E-state index in [9.17, 15) is 35.1 Å². The van der Waals surface area contributed by atoms with Gasteiger partial charge in [0.1, 0.15) is 35.1 Å². The van der Waals surface area contributed by atoms with Gasteiger partial charge in [-0.3, -0.25) is 4.79 Å². The van der Waals surface area contributed by atoms with Crippen LogP contribution in [0.25, 0.3) is 0 Å². The van der Waals surface area contributed by atoms with Crippen molar-refractivity contribution in [3.63, 3.8) is 0 Å². The van der Waals surface area contributed by atoms with E-state index in [1.165, 1.54) is 18.9 Å². The number of esters is 1. The Bertz CT molecular complexity index is 1680. The molecule has 3 aliphatic heterocycles. The van der Waals surface area contributed by atoms with Crippen LogP contribution in [0.3, 0.4) is 0 Å². The van der Waals surface area contributed by atoms with Crippen molar-refractivity contribution in [2.75, 3.05) is 40.8 Å². The molecule has 66 heavy (non-hydrogen) atoms. The van der Waals surface area contributed by atoms with Gasteiger partial charge in [-0.2, -0.15) is 0 Å². The molecular formula is C49H86N4O13. The first-order valence-corrected chi connectivity index (χ1v) is 24.1. The molecule has 0 spiro atoms. The Kier molecular flexibility index (Phi) is 19.9. The molecule has 0 unspecified atom stereocenters. The number of carbonyl (C=O) groups excluding carboxylic acids is 2. The fourth-order valence-corrected chi connectivity index (χ4v) is 10.4. The average Bonchev–Trinajstić information content (AvgIpc) is 3.26. The highest BCUT2D eigenvalue weighted by Gasteiger charge is 2.58. The lowest BCUT2D eigenvalue weighted by atomic mass is 9.75. The van der Waals surface area contributed by atoms with E-state index in [1.807, 2.05) is 51.1 Å². The number of urea groups is 1. The van der Waals surface area contributed by atoms with E-state index >= 15 is 0 Å². The molecule has 7 N–H and O–H groups in total. The number of hydrogen-bond acceptors (Lipinski definition) is 15. The Balaban J connectivity index is 1.78. The molecule has 18 atom stereocenters. The summed E-state index contributed by atoms with van der Waals surface area (Å²) < 4.78 is 38.7. The van der Waals surface area contributed by atoms with Crippen molar-refractivity contribution in [1.82, 2.24) is 20.4 Å². The number of nitrogens with one attached hydrogen (secondary N) is 2. The van der Waals surface area contributed by atoms with E-state index in [1.54, 1.807) is 67.5 Å². The number of cyclic esters (lactones) is 1. The number of ether oxygens (including phenoxy) is 6. The van der Waals surface area contributed by atoms with Gasteiger partial charge in [-0.15, -0.1) is 0 Å². The Labute approximate surface area is 394 Å². The lowest BCUT2D eigenvalue weighted by Crippen LogP contribution is -2.70. The van der Waals surface area contributed by atoms with Crippen molar-refractivity contribution in [2.45, 2.75) is 205 Å². The Morgan fingerprint density at radius 1 is 0.955 bits per heavy atom. The molecule has 0 aliphatic carbocycles. The number of benzene rings is 1. The second kappa shape index (κ2) is 23.4. The molecule has 0 bridgehead atoms. The molecule has 2 amide bonds. The van der Waals surface area contributed by atoms with Crippen LogP contribution in [0.1, 0.15) is 114 Å². The third kappa shape index (κ3) is 12.8. The topological polar surface area (TPSA) is 221 Å². The summed E-state index contributed by atoms with van der Waals surface area (Å²) in [5, 5.41) is 66.9. The van der Waals surface area contributed by atoms with E-state index in [-0.39, 0.29) is 37.8 Å². The SMILES string of the molecule is CCCNC[C@]1(O)[C@H](C)O[C@@H](O[C@H]2[C@H](C)[C@@H](O[C@@H]3O[C@H](C)C[C@H](N(C)C(=O)N(C)Cc4ccccc4)[C@H]3O)[C@](C)(O)C[C@@H](C)CN[C@H](C)[C@@H](O)[C@](C)(O)[C@@H](CC)OC(=O)[C@@H]2C)C[C@@]1(C)OC. The van der Waals surface area contributed by atoms with Gasteiger partial charge in [0.15, 0.2) is 12.6 Å². The van der Waals surface area contributed by atoms with Crippen molar-refractivity contribution >= 4 is 12.0 Å². The fraction of sp³-hybridized carbons (Fsp3) is 0.837. The molecule has 17 nitrogen and oxygen atoms in total. The van der Waals surface area contributed by atoms with Crippen LogP contribution in [-0.4, -0.2) is 178 Å². The number of carbonyl (C=O) groups is 2. The van der Waals surface area contributed by atoms with Gasteiger partial charge in [0.25, 0.3) is 0 Å². The van der Waals surface area contributed by atoms with Crippen molar-refractivity contribution in [2.24, 2.45) is 17.8 Å². The predicted molar refractivity (Wildman–Crippen MR) is 249 cm³/mol. The van der Waals surface area contributed by atoms with Gasteiger partial charge in [-0.25, -0.2) is 4.79 Å². The molecule has 380 valence electrons. The Morgan fingerprint density at radius 3 is 2.21 bits per heavy atom. The molecule has 0 aromatic heterocycles. The van der Waals surface area contributed by atoms with Gasteiger partial charge in [-0.05, 0) is 98.7 Å². The molecule has 4 rings (SSSR count). The molecule has 0 radical (unpaired) electrons. The summed E-state index contributed by atoms with van der Waals surface area (Å²) in [5.41, 5.74) is -5.25. The number of hydrogen-bond donors (Lipinski definition) is 7. The number of aliphatic hydroxyl groups is 5. The van der Waals surface area contributed by atoms with E-state index in [4.69, 9.17) is 28.4 Å². The van der Waals surface area contributed by atoms with Crippen LogP contribution in [0.2, 0.25) is 0 Å². The van der Waals surface area contributed by atoms with Gasteiger partial charge >= 0.3 is 12.0 Å². The number of amides is 2. The van der Waals surface area contributed by atoms with Crippen LogP contribution in [0, 0.1) is 17.8 Å². The summed E-state index contributed by atoms with van der Waals surface area (Å²) in [7, 11) is 4.86. The average molecular weight is 939 g/mol. The molecular weight excluding hydrogens is 853 g/mol. The Morgan fingerprint density at radius 2 is 1.61 bits per heavy atom. The quantitative estimate of drug-likeness (QED) is 0.111. The summed E-state index contributed by atoms with van der Waals surface area (Å²) in [6.45, 7) is 20.8. The van der Waals surface area contributed by atoms with E-state index < -0.39 is 108 Å². The number of likely N-dealkylation sites (N-methyl/N-ethyl adjacent to an activating group) is 1. The zero-order chi connectivity index (χ0) is 49.5. The van der Waals surface area contributed by atoms with Crippen molar-refractivity contribution in [3.05, 3.63) is 35.9 Å². The highest BCUT2D eigenvalue weighted by Crippen LogP contribution is 2.43. The lowest BCUT2D eigenvalue weighted by Gasteiger charge is -2.53. The minimum Gasteiger partial charge on any atom is -0.459 e. The molecule has 3 fully saturated rings. The molecule has 1 aromatic carbocycles. The molecule has 1 aromatic rings. The third-order valence-electron chi connectivity index (χ3n) is 14.7. The van der Waals surface area contributed by atoms with Crippen LogP contribution in [0.5, 0.6) is 0 Å². The normalized spacial score (nSPS) is 42.1. The van der Waals surface area contributed by atoms with Crippen molar-refractivity contribution in [3.8, 4) is 0 Å². The summed E-state index contributed by atoms with van der Waals surface area (Å²) in [6, 6.07) is 7.91. The number of nitrogens with zero attached hydrogens (tertiary/aromatic N) is 2. The smallest absolute Gasteiger partial charge is 0.320 e. The number of rotatable bonds is 13. The monoisotopic (exact) mass is 939 g/mol. The minimum atomic E-state index is -1.86. The Hall–Kier alpha value is -2.52. The van der Waals surface area contributed by atoms with Crippen LogP contribution >= 0.6 is 0 Å². The van der Waals surface area contributed by atoms with Crippen molar-refractivity contribution in [1.29, 1.82) is 0 Å². The third-order valence-corrected chi connectivity index (χ3v) is 14.7. The summed E-state index contributed by atoms with van der Waals surface area (Å²) in [6.07, 6.45) is -8.31. The standard InChI is InChI=1S/C49H86N4O13/c1-15-22-50-28-49(60)34(8)63-38(25-47(49,10)61-14)65-40-31(5)42(46(9,58)24-29(3)26-51-33(7)41(55)48(11,59)37(16-2)64-43(56)32(40)6)66-44-39(54)36(23-30(4)62-44)53(13)45(57)52(12)27-35-20-18-17-19-21-35/h17-21,29-34,36-42,44,50-51,54-55,58-60H,15-16,22-28H2,1-14H3/t29-,30-,31+,32-,33-,34+,36+,37-,38+,39-,40+,41-,42-,44+,46-,47-,48-,49+/m1/s1. The molecule has 3 heterocycles. The molecule has 3 saturated heterocycles. The van der Waals surface area contributed by atoms with Crippen LogP contribution in [0.4, 0.5) is 4.79 Å². The summed E-state index contributed by atoms with van der Waals surface area (Å²) in [5.74, 6) is -2.96. The maximum atomic E-state index is 14.5. The molecule has 17 heteroatoms. The van der Waals surface area contributed by atoms with Gasteiger partial charge in [0.2, 0.25) is 0 Å². The lowest BCUT2D eigenvalue weighted by molar-refractivity contribution is -0.336. The zero-order valence-corrected chi connectivity index (χ0v) is 42.2. The van der Waals surface area contributed by atoms with Gasteiger partial charge in [0, 0.05) is 52.7 Å². The van der Waals surface area contributed by atoms with Gasteiger partial charge < -0.3 is 74.4 Å². The fourth-order valence-electron chi connectivity index (χ4n) is 10.4. The summed E-state index contributed by atoms with van der Waals surface area (Å²) >= 11 is 0. The minimum absolute atomic E-state index is 0.0485. The molecule has 3 aliphatic rings. The zero-order valence-electron chi connectivity index (χ0n) is 42.2. The number of methoxy groups -OCH3 is 1. The predicted octanol–water partition coefficient (Wildman–Crippen LogP) is 3.55. The second-order valence-corrected chi connectivity index (χ2v) is 20.5. The van der Waals surface area contributed by atoms with E-state index in [0.717, 1.165) is 12.0 Å². The highest BCUT2D eigenvalue weighted by molar-refractivity contribution is 5.74. The van der Waals surface area contributed by atoms with Crippen LogP contribution < -0.4 is 10.6 Å². The largest absolute Gasteiger partial charge is 0.459 e. The van der Waals surface area contributed by atoms with Crippen LogP contribution in [0.15, 0.2) is 30.3 Å².